The predicted molar refractivity (Wildman–Crippen MR) is 97.2 cm³/mol. The summed E-state index contributed by atoms with van der Waals surface area (Å²) in [7, 11) is -3.51. The van der Waals surface area contributed by atoms with Gasteiger partial charge in [-0.1, -0.05) is 29.3 Å². The molecule has 24 heavy (non-hydrogen) atoms. The second kappa shape index (κ2) is 7.25. The highest BCUT2D eigenvalue weighted by atomic mass is 35.5. The molecule has 0 spiro atoms. The quantitative estimate of drug-likeness (QED) is 0.793. The minimum atomic E-state index is -3.51. The molecule has 1 N–H and O–H groups in total. The van der Waals surface area contributed by atoms with Crippen LogP contribution >= 0.6 is 11.6 Å². The lowest BCUT2D eigenvalue weighted by Crippen LogP contribution is -2.27. The van der Waals surface area contributed by atoms with E-state index in [1.54, 1.807) is 0 Å². The first kappa shape index (κ1) is 19.0. The highest BCUT2D eigenvalue weighted by Crippen LogP contribution is 2.22. The number of sulfonamides is 1. The number of rotatable bonds is 6. The molecule has 132 valence electrons. The lowest BCUT2D eigenvalue weighted by molar-refractivity contribution is 0.543. The van der Waals surface area contributed by atoms with Crippen molar-refractivity contribution >= 4 is 21.6 Å². The largest absolute Gasteiger partial charge is 0.268 e. The van der Waals surface area contributed by atoms with E-state index in [4.69, 9.17) is 11.6 Å². The van der Waals surface area contributed by atoms with Crippen LogP contribution in [0.3, 0.4) is 0 Å². The monoisotopic (exact) mass is 369 g/mol. The number of halogens is 1. The molecule has 0 amide bonds. The van der Waals surface area contributed by atoms with Crippen molar-refractivity contribution in [1.29, 1.82) is 0 Å². The molecule has 0 unspecified atom stereocenters. The number of hydrogen-bond acceptors (Lipinski definition) is 3. The Balaban J connectivity index is 2.02. The van der Waals surface area contributed by atoms with E-state index in [1.807, 2.05) is 51.4 Å². The summed E-state index contributed by atoms with van der Waals surface area (Å²) in [5, 5.41) is 5.02. The van der Waals surface area contributed by atoms with E-state index in [2.05, 4.69) is 9.82 Å². The molecule has 0 fully saturated rings. The van der Waals surface area contributed by atoms with Gasteiger partial charge in [-0.05, 0) is 52.2 Å². The van der Waals surface area contributed by atoms with Gasteiger partial charge in [0.05, 0.1) is 21.3 Å². The van der Waals surface area contributed by atoms with Gasteiger partial charge < -0.3 is 0 Å². The second-order valence-corrected chi connectivity index (χ2v) is 8.27. The van der Waals surface area contributed by atoms with E-state index < -0.39 is 10.0 Å². The minimum absolute atomic E-state index is 0.352. The van der Waals surface area contributed by atoms with Crippen molar-refractivity contribution in [3.63, 3.8) is 0 Å². The molecule has 1 aromatic heterocycles. The molecule has 0 atom stereocenters. The zero-order valence-electron chi connectivity index (χ0n) is 14.8. The average molecular weight is 370 g/mol. The normalized spacial score (nSPS) is 11.9. The van der Waals surface area contributed by atoms with Crippen molar-refractivity contribution in [3.05, 3.63) is 45.2 Å². The van der Waals surface area contributed by atoms with Gasteiger partial charge in [-0.15, -0.1) is 0 Å². The summed E-state index contributed by atoms with van der Waals surface area (Å²) >= 11 is 6.12. The third-order valence-corrected chi connectivity index (χ3v) is 6.32. The van der Waals surface area contributed by atoms with Gasteiger partial charge >= 0.3 is 0 Å². The Kier molecular flexibility index (Phi) is 5.73. The van der Waals surface area contributed by atoms with E-state index in [0.29, 0.717) is 29.4 Å². The Labute approximate surface area is 149 Å². The van der Waals surface area contributed by atoms with Crippen molar-refractivity contribution in [2.24, 2.45) is 0 Å². The Hall–Kier alpha value is -1.37. The lowest BCUT2D eigenvalue weighted by Gasteiger charge is -2.13. The summed E-state index contributed by atoms with van der Waals surface area (Å²) in [6.45, 7) is 10.4. The summed E-state index contributed by atoms with van der Waals surface area (Å²) in [5.41, 5.74) is 4.30. The van der Waals surface area contributed by atoms with Crippen LogP contribution in [-0.4, -0.2) is 24.7 Å². The molecule has 5 nitrogen and oxygen atoms in total. The van der Waals surface area contributed by atoms with Crippen LogP contribution in [0, 0.1) is 34.6 Å². The van der Waals surface area contributed by atoms with Crippen LogP contribution < -0.4 is 4.72 Å². The summed E-state index contributed by atoms with van der Waals surface area (Å²) in [6.07, 6.45) is 0.640. The number of aromatic nitrogens is 2. The Bertz CT molecular complexity index is 834. The molecule has 1 heterocycles. The molecular weight excluding hydrogens is 346 g/mol. The number of nitrogens with zero attached hydrogens (tertiary/aromatic N) is 2. The fourth-order valence-electron chi connectivity index (χ4n) is 2.99. The molecular formula is C17H24ClN3O2S. The number of nitrogens with one attached hydrogen (secondary N) is 1. The van der Waals surface area contributed by atoms with Gasteiger partial charge in [0, 0.05) is 13.1 Å². The first-order valence-corrected chi connectivity index (χ1v) is 9.76. The molecule has 0 bridgehead atoms. The maximum absolute atomic E-state index is 12.6. The molecule has 0 aliphatic rings. The van der Waals surface area contributed by atoms with Crippen molar-refractivity contribution < 1.29 is 8.42 Å². The number of aryl methyl sites for hydroxylation is 5. The smallest absolute Gasteiger partial charge is 0.241 e. The van der Waals surface area contributed by atoms with E-state index in [0.717, 1.165) is 28.1 Å². The first-order chi connectivity index (χ1) is 11.1. The summed E-state index contributed by atoms with van der Waals surface area (Å²) in [5.74, 6) is 0. The molecule has 1 aromatic carbocycles. The fourth-order valence-corrected chi connectivity index (χ4v) is 4.65. The van der Waals surface area contributed by atoms with Crippen LogP contribution in [0.5, 0.6) is 0 Å². The zero-order valence-corrected chi connectivity index (χ0v) is 16.3. The van der Waals surface area contributed by atoms with Gasteiger partial charge in [0.1, 0.15) is 0 Å². The molecule has 7 heteroatoms. The SMILES string of the molecule is Cc1cc(C)c(S(=O)(=O)NCCCn2nc(C)c(Cl)c2C)c(C)c1. The fraction of sp³-hybridized carbons (Fsp3) is 0.471. The van der Waals surface area contributed by atoms with Crippen molar-refractivity contribution in [1.82, 2.24) is 14.5 Å². The van der Waals surface area contributed by atoms with Gasteiger partial charge in [-0.3, -0.25) is 4.68 Å². The molecule has 0 saturated heterocycles. The predicted octanol–water partition coefficient (Wildman–Crippen LogP) is 3.45. The third-order valence-electron chi connectivity index (χ3n) is 4.01. The summed E-state index contributed by atoms with van der Waals surface area (Å²) < 4.78 is 29.6. The highest BCUT2D eigenvalue weighted by molar-refractivity contribution is 7.89. The van der Waals surface area contributed by atoms with Gasteiger partial charge in [-0.25, -0.2) is 13.1 Å². The summed E-state index contributed by atoms with van der Waals surface area (Å²) in [4.78, 5) is 0.377. The van der Waals surface area contributed by atoms with E-state index in [-0.39, 0.29) is 0 Å². The van der Waals surface area contributed by atoms with Crippen molar-refractivity contribution in [2.75, 3.05) is 6.54 Å². The topological polar surface area (TPSA) is 64.0 Å². The Morgan fingerprint density at radius 2 is 1.71 bits per heavy atom. The van der Waals surface area contributed by atoms with Gasteiger partial charge in [0.2, 0.25) is 10.0 Å². The molecule has 0 aliphatic carbocycles. The van der Waals surface area contributed by atoms with Crippen LogP contribution in [0.2, 0.25) is 5.02 Å². The van der Waals surface area contributed by atoms with Crippen molar-refractivity contribution in [3.8, 4) is 0 Å². The van der Waals surface area contributed by atoms with Gasteiger partial charge in [0.25, 0.3) is 0 Å². The standard InChI is InChI=1S/C17H24ClN3O2S/c1-11-9-12(2)17(13(3)10-11)24(22,23)19-7-6-8-21-15(5)16(18)14(4)20-21/h9-10,19H,6-8H2,1-5H3. The first-order valence-electron chi connectivity index (χ1n) is 7.90. The Morgan fingerprint density at radius 1 is 1.12 bits per heavy atom. The van der Waals surface area contributed by atoms with Gasteiger partial charge in [-0.2, -0.15) is 5.10 Å². The van der Waals surface area contributed by atoms with Crippen LogP contribution in [-0.2, 0) is 16.6 Å². The molecule has 0 radical (unpaired) electrons. The molecule has 0 saturated carbocycles. The number of hydrogen-bond donors (Lipinski definition) is 1. The maximum atomic E-state index is 12.6. The summed E-state index contributed by atoms with van der Waals surface area (Å²) in [6, 6.07) is 3.78. The lowest BCUT2D eigenvalue weighted by atomic mass is 10.1. The van der Waals surface area contributed by atoms with E-state index >= 15 is 0 Å². The zero-order chi connectivity index (χ0) is 18.1. The minimum Gasteiger partial charge on any atom is -0.268 e. The van der Waals surface area contributed by atoms with Crippen LogP contribution in [0.15, 0.2) is 17.0 Å². The maximum Gasteiger partial charge on any atom is 0.241 e. The Morgan fingerprint density at radius 3 is 2.21 bits per heavy atom. The average Bonchev–Trinajstić information content (AvgIpc) is 2.69. The molecule has 2 aromatic rings. The van der Waals surface area contributed by atoms with Crippen LogP contribution in [0.4, 0.5) is 0 Å². The number of benzene rings is 1. The molecule has 2 rings (SSSR count). The van der Waals surface area contributed by atoms with Crippen LogP contribution in [0.1, 0.15) is 34.5 Å². The van der Waals surface area contributed by atoms with Crippen molar-refractivity contribution in [2.45, 2.75) is 52.5 Å². The highest BCUT2D eigenvalue weighted by Gasteiger charge is 2.19. The molecule has 0 aliphatic heterocycles. The third kappa shape index (κ3) is 3.99. The van der Waals surface area contributed by atoms with E-state index in [9.17, 15) is 8.42 Å². The van der Waals surface area contributed by atoms with E-state index in [1.165, 1.54) is 0 Å². The van der Waals surface area contributed by atoms with Gasteiger partial charge in [0.15, 0.2) is 0 Å². The van der Waals surface area contributed by atoms with Crippen LogP contribution in [0.25, 0.3) is 0 Å². The second-order valence-electron chi connectivity index (χ2n) is 6.19.